The van der Waals surface area contributed by atoms with Crippen molar-refractivity contribution in [2.75, 3.05) is 5.32 Å². The molecule has 0 aromatic heterocycles. The Morgan fingerprint density at radius 2 is 1.89 bits per heavy atom. The molecular weight excluding hydrogens is 302 g/mol. The van der Waals surface area contributed by atoms with Gasteiger partial charge in [0.2, 0.25) is 5.91 Å². The van der Waals surface area contributed by atoms with Crippen LogP contribution in [0.3, 0.4) is 0 Å². The molecule has 0 bridgehead atoms. The number of rotatable bonds is 4. The summed E-state index contributed by atoms with van der Waals surface area (Å²) in [5, 5.41) is 2.96. The van der Waals surface area contributed by atoms with Crippen molar-refractivity contribution in [3.8, 4) is 0 Å². The standard InChI is InChI=1S/C16H16BrNO/c1-2-15(12-7-4-3-5-8-12)16(19)18-14-10-6-9-13(17)11-14/h3-11,15H,2H2,1H3,(H,18,19)/t15-/m1/s1. The second-order valence-electron chi connectivity index (χ2n) is 4.37. The zero-order valence-electron chi connectivity index (χ0n) is 10.8. The van der Waals surface area contributed by atoms with E-state index in [0.717, 1.165) is 22.1 Å². The van der Waals surface area contributed by atoms with Gasteiger partial charge in [0.25, 0.3) is 0 Å². The molecule has 0 saturated heterocycles. The van der Waals surface area contributed by atoms with Crippen LogP contribution in [-0.2, 0) is 4.79 Å². The van der Waals surface area contributed by atoms with E-state index in [-0.39, 0.29) is 11.8 Å². The summed E-state index contributed by atoms with van der Waals surface area (Å²) in [5.74, 6) is -0.0769. The van der Waals surface area contributed by atoms with E-state index in [4.69, 9.17) is 0 Å². The predicted molar refractivity (Wildman–Crippen MR) is 82.2 cm³/mol. The fourth-order valence-corrected chi connectivity index (χ4v) is 2.45. The molecule has 0 aliphatic heterocycles. The lowest BCUT2D eigenvalue weighted by molar-refractivity contribution is -0.117. The third kappa shape index (κ3) is 3.67. The Labute approximate surface area is 122 Å². The summed E-state index contributed by atoms with van der Waals surface area (Å²) < 4.78 is 0.957. The maximum absolute atomic E-state index is 12.3. The highest BCUT2D eigenvalue weighted by molar-refractivity contribution is 9.10. The highest BCUT2D eigenvalue weighted by Gasteiger charge is 2.18. The minimum atomic E-state index is -0.111. The molecule has 3 heteroatoms. The Bertz CT molecular complexity index is 554. The van der Waals surface area contributed by atoms with Crippen LogP contribution < -0.4 is 5.32 Å². The van der Waals surface area contributed by atoms with Gasteiger partial charge in [-0.2, -0.15) is 0 Å². The van der Waals surface area contributed by atoms with Gasteiger partial charge in [-0.3, -0.25) is 4.79 Å². The predicted octanol–water partition coefficient (Wildman–Crippen LogP) is 4.58. The average molecular weight is 318 g/mol. The van der Waals surface area contributed by atoms with Gasteiger partial charge >= 0.3 is 0 Å². The number of carbonyl (C=O) groups is 1. The number of nitrogens with one attached hydrogen (secondary N) is 1. The van der Waals surface area contributed by atoms with Crippen molar-refractivity contribution in [3.05, 3.63) is 64.6 Å². The summed E-state index contributed by atoms with van der Waals surface area (Å²) in [6.07, 6.45) is 0.782. The highest BCUT2D eigenvalue weighted by atomic mass is 79.9. The lowest BCUT2D eigenvalue weighted by Crippen LogP contribution is -2.20. The van der Waals surface area contributed by atoms with Crippen LogP contribution in [0.2, 0.25) is 0 Å². The summed E-state index contributed by atoms with van der Waals surface area (Å²) in [7, 11) is 0. The van der Waals surface area contributed by atoms with Gasteiger partial charge in [0.15, 0.2) is 0 Å². The lowest BCUT2D eigenvalue weighted by atomic mass is 9.95. The van der Waals surface area contributed by atoms with Gasteiger partial charge in [0.05, 0.1) is 5.92 Å². The minimum absolute atomic E-state index is 0.0341. The molecule has 2 nitrogen and oxygen atoms in total. The quantitative estimate of drug-likeness (QED) is 0.878. The fourth-order valence-electron chi connectivity index (χ4n) is 2.05. The van der Waals surface area contributed by atoms with Crippen molar-refractivity contribution < 1.29 is 4.79 Å². The first-order valence-corrected chi connectivity index (χ1v) is 7.11. The normalized spacial score (nSPS) is 11.9. The molecule has 0 unspecified atom stereocenters. The van der Waals surface area contributed by atoms with Crippen molar-refractivity contribution in [2.24, 2.45) is 0 Å². The molecular formula is C16H16BrNO. The molecule has 0 fully saturated rings. The summed E-state index contributed by atoms with van der Waals surface area (Å²) in [6.45, 7) is 2.03. The monoisotopic (exact) mass is 317 g/mol. The topological polar surface area (TPSA) is 29.1 Å². The summed E-state index contributed by atoms with van der Waals surface area (Å²) in [6, 6.07) is 17.5. The Hall–Kier alpha value is -1.61. The number of halogens is 1. The molecule has 0 heterocycles. The molecule has 1 atom stereocenters. The molecule has 2 aromatic rings. The largest absolute Gasteiger partial charge is 0.326 e. The third-order valence-corrected chi connectivity index (χ3v) is 3.51. The molecule has 0 radical (unpaired) electrons. The van der Waals surface area contributed by atoms with Crippen LogP contribution >= 0.6 is 15.9 Å². The van der Waals surface area contributed by atoms with Crippen LogP contribution in [0.4, 0.5) is 5.69 Å². The molecule has 2 aromatic carbocycles. The average Bonchev–Trinajstić information content (AvgIpc) is 2.41. The van der Waals surface area contributed by atoms with Gasteiger partial charge < -0.3 is 5.32 Å². The van der Waals surface area contributed by atoms with Crippen molar-refractivity contribution in [2.45, 2.75) is 19.3 Å². The minimum Gasteiger partial charge on any atom is -0.326 e. The summed E-state index contributed by atoms with van der Waals surface area (Å²) >= 11 is 3.40. The van der Waals surface area contributed by atoms with E-state index in [1.54, 1.807) is 0 Å². The molecule has 19 heavy (non-hydrogen) atoms. The third-order valence-electron chi connectivity index (χ3n) is 3.02. The lowest BCUT2D eigenvalue weighted by Gasteiger charge is -2.15. The van der Waals surface area contributed by atoms with Crippen LogP contribution in [0, 0.1) is 0 Å². The van der Waals surface area contributed by atoms with E-state index < -0.39 is 0 Å². The smallest absolute Gasteiger partial charge is 0.231 e. The number of amides is 1. The summed E-state index contributed by atoms with van der Waals surface area (Å²) in [5.41, 5.74) is 1.87. The van der Waals surface area contributed by atoms with Crippen LogP contribution in [0.25, 0.3) is 0 Å². The van der Waals surface area contributed by atoms with E-state index in [0.29, 0.717) is 0 Å². The number of anilines is 1. The number of hydrogen-bond donors (Lipinski definition) is 1. The second-order valence-corrected chi connectivity index (χ2v) is 5.29. The number of benzene rings is 2. The van der Waals surface area contributed by atoms with E-state index >= 15 is 0 Å². The van der Waals surface area contributed by atoms with Crippen LogP contribution in [-0.4, -0.2) is 5.91 Å². The first kappa shape index (κ1) is 13.8. The van der Waals surface area contributed by atoms with Crippen molar-refractivity contribution >= 4 is 27.5 Å². The second kappa shape index (κ2) is 6.53. The Morgan fingerprint density at radius 1 is 1.16 bits per heavy atom. The number of carbonyl (C=O) groups excluding carboxylic acids is 1. The SMILES string of the molecule is CC[C@@H](C(=O)Nc1cccc(Br)c1)c1ccccc1. The van der Waals surface area contributed by atoms with Crippen LogP contribution in [0.15, 0.2) is 59.1 Å². The van der Waals surface area contributed by atoms with Gasteiger partial charge in [0.1, 0.15) is 0 Å². The maximum atomic E-state index is 12.3. The van der Waals surface area contributed by atoms with Gasteiger partial charge in [-0.15, -0.1) is 0 Å². The summed E-state index contributed by atoms with van der Waals surface area (Å²) in [4.78, 5) is 12.3. The van der Waals surface area contributed by atoms with Gasteiger partial charge in [0, 0.05) is 10.2 Å². The number of hydrogen-bond acceptors (Lipinski definition) is 1. The fraction of sp³-hybridized carbons (Fsp3) is 0.188. The molecule has 2 rings (SSSR count). The molecule has 0 aliphatic carbocycles. The zero-order valence-corrected chi connectivity index (χ0v) is 12.4. The van der Waals surface area contributed by atoms with Gasteiger partial charge in [-0.1, -0.05) is 59.3 Å². The van der Waals surface area contributed by atoms with Crippen LogP contribution in [0.1, 0.15) is 24.8 Å². The van der Waals surface area contributed by atoms with Gasteiger partial charge in [-0.05, 0) is 30.2 Å². The molecule has 0 spiro atoms. The van der Waals surface area contributed by atoms with Crippen LogP contribution in [0.5, 0.6) is 0 Å². The highest BCUT2D eigenvalue weighted by Crippen LogP contribution is 2.22. The van der Waals surface area contributed by atoms with Crippen molar-refractivity contribution in [1.29, 1.82) is 0 Å². The first-order chi connectivity index (χ1) is 9.20. The van der Waals surface area contributed by atoms with E-state index in [1.807, 2.05) is 61.5 Å². The zero-order chi connectivity index (χ0) is 13.7. The Kier molecular flexibility index (Phi) is 4.74. The van der Waals surface area contributed by atoms with Crippen molar-refractivity contribution in [3.63, 3.8) is 0 Å². The van der Waals surface area contributed by atoms with E-state index in [1.165, 1.54) is 0 Å². The molecule has 1 amide bonds. The van der Waals surface area contributed by atoms with E-state index in [9.17, 15) is 4.79 Å². The molecule has 98 valence electrons. The van der Waals surface area contributed by atoms with Gasteiger partial charge in [-0.25, -0.2) is 0 Å². The maximum Gasteiger partial charge on any atom is 0.231 e. The van der Waals surface area contributed by atoms with E-state index in [2.05, 4.69) is 21.2 Å². The molecule has 0 saturated carbocycles. The molecule has 1 N–H and O–H groups in total. The Morgan fingerprint density at radius 3 is 2.53 bits per heavy atom. The molecule has 0 aliphatic rings. The van der Waals surface area contributed by atoms with Crippen molar-refractivity contribution in [1.82, 2.24) is 0 Å². The Balaban J connectivity index is 2.14. The first-order valence-electron chi connectivity index (χ1n) is 6.32.